The molecule has 1 saturated heterocycles. The normalized spacial score (nSPS) is 22.8. The Kier molecular flexibility index (Phi) is 2.97. The van der Waals surface area contributed by atoms with Gasteiger partial charge in [-0.2, -0.15) is 0 Å². The Morgan fingerprint density at radius 3 is 3.06 bits per heavy atom. The van der Waals surface area contributed by atoms with Crippen LogP contribution in [0.15, 0.2) is 0 Å². The standard InChI is InChI=1S/C13H19N3O/c1-9-15-12-6-2-5-11(12)13(16-9)14-8-10-4-3-7-17-10/h10H,2-8H2,1H3,(H,14,15,16). The van der Waals surface area contributed by atoms with E-state index in [0.29, 0.717) is 6.10 Å². The van der Waals surface area contributed by atoms with E-state index >= 15 is 0 Å². The molecule has 1 unspecified atom stereocenters. The maximum Gasteiger partial charge on any atom is 0.133 e. The quantitative estimate of drug-likeness (QED) is 0.865. The minimum absolute atomic E-state index is 0.363. The molecule has 1 aromatic rings. The molecule has 2 heterocycles. The summed E-state index contributed by atoms with van der Waals surface area (Å²) in [6.45, 7) is 3.76. The zero-order valence-electron chi connectivity index (χ0n) is 10.3. The fourth-order valence-electron chi connectivity index (χ4n) is 2.72. The molecular formula is C13H19N3O. The van der Waals surface area contributed by atoms with Gasteiger partial charge in [-0.3, -0.25) is 0 Å². The van der Waals surface area contributed by atoms with Crippen molar-refractivity contribution in [1.29, 1.82) is 0 Å². The molecule has 0 radical (unpaired) electrons. The second kappa shape index (κ2) is 4.61. The Labute approximate surface area is 102 Å². The third-order valence-electron chi connectivity index (χ3n) is 3.57. The molecule has 4 nitrogen and oxygen atoms in total. The van der Waals surface area contributed by atoms with Crippen LogP contribution >= 0.6 is 0 Å². The van der Waals surface area contributed by atoms with Crippen molar-refractivity contribution < 1.29 is 4.74 Å². The predicted molar refractivity (Wildman–Crippen MR) is 66.3 cm³/mol. The molecule has 92 valence electrons. The Bertz CT molecular complexity index is 413. The molecule has 3 rings (SSSR count). The number of fused-ring (bicyclic) bond motifs is 1. The van der Waals surface area contributed by atoms with Crippen LogP contribution in [0.25, 0.3) is 0 Å². The maximum atomic E-state index is 5.62. The molecule has 0 bridgehead atoms. The molecular weight excluding hydrogens is 214 g/mol. The van der Waals surface area contributed by atoms with Crippen LogP contribution in [0.3, 0.4) is 0 Å². The Morgan fingerprint density at radius 2 is 2.24 bits per heavy atom. The first-order chi connectivity index (χ1) is 8.33. The smallest absolute Gasteiger partial charge is 0.133 e. The van der Waals surface area contributed by atoms with Gasteiger partial charge in [0, 0.05) is 24.4 Å². The van der Waals surface area contributed by atoms with E-state index in [-0.39, 0.29) is 0 Å². The van der Waals surface area contributed by atoms with Crippen LogP contribution in [-0.4, -0.2) is 29.2 Å². The SMILES string of the molecule is Cc1nc2c(c(NCC3CCCO3)n1)CCC2. The van der Waals surface area contributed by atoms with E-state index < -0.39 is 0 Å². The second-order valence-electron chi connectivity index (χ2n) is 4.91. The van der Waals surface area contributed by atoms with Crippen LogP contribution in [0.1, 0.15) is 36.3 Å². The first-order valence-corrected chi connectivity index (χ1v) is 6.55. The third kappa shape index (κ3) is 2.27. The third-order valence-corrected chi connectivity index (χ3v) is 3.57. The lowest BCUT2D eigenvalue weighted by Gasteiger charge is -2.14. The summed E-state index contributed by atoms with van der Waals surface area (Å²) in [5.74, 6) is 1.92. The summed E-state index contributed by atoms with van der Waals surface area (Å²) in [7, 11) is 0. The van der Waals surface area contributed by atoms with Crippen LogP contribution in [0.4, 0.5) is 5.82 Å². The van der Waals surface area contributed by atoms with Crippen LogP contribution < -0.4 is 5.32 Å². The van der Waals surface area contributed by atoms with E-state index in [0.717, 1.165) is 37.6 Å². The van der Waals surface area contributed by atoms with Crippen molar-refractivity contribution in [2.75, 3.05) is 18.5 Å². The number of aryl methyl sites for hydroxylation is 2. The molecule has 17 heavy (non-hydrogen) atoms. The lowest BCUT2D eigenvalue weighted by atomic mass is 10.2. The van der Waals surface area contributed by atoms with Gasteiger partial charge in [0.15, 0.2) is 0 Å². The summed E-state index contributed by atoms with van der Waals surface area (Å²) in [4.78, 5) is 9.04. The van der Waals surface area contributed by atoms with E-state index in [2.05, 4.69) is 15.3 Å². The van der Waals surface area contributed by atoms with E-state index in [9.17, 15) is 0 Å². The molecule has 1 N–H and O–H groups in total. The molecule has 2 aliphatic rings. The average Bonchev–Trinajstić information content (AvgIpc) is 2.95. The Hall–Kier alpha value is -1.16. The van der Waals surface area contributed by atoms with Gasteiger partial charge in [-0.1, -0.05) is 0 Å². The first-order valence-electron chi connectivity index (χ1n) is 6.55. The molecule has 0 aromatic carbocycles. The number of nitrogens with one attached hydrogen (secondary N) is 1. The van der Waals surface area contributed by atoms with Gasteiger partial charge in [0.1, 0.15) is 11.6 Å². The average molecular weight is 233 g/mol. The van der Waals surface area contributed by atoms with Crippen molar-refractivity contribution in [2.24, 2.45) is 0 Å². The Morgan fingerprint density at radius 1 is 1.29 bits per heavy atom. The van der Waals surface area contributed by atoms with Gasteiger partial charge in [-0.25, -0.2) is 9.97 Å². The number of hydrogen-bond donors (Lipinski definition) is 1. The van der Waals surface area contributed by atoms with Crippen molar-refractivity contribution in [2.45, 2.75) is 45.1 Å². The summed E-state index contributed by atoms with van der Waals surface area (Å²) in [6.07, 6.45) is 6.15. The number of hydrogen-bond acceptors (Lipinski definition) is 4. The van der Waals surface area contributed by atoms with Gasteiger partial charge in [-0.05, 0) is 39.0 Å². The maximum absolute atomic E-state index is 5.62. The summed E-state index contributed by atoms with van der Waals surface area (Å²) < 4.78 is 5.62. The lowest BCUT2D eigenvalue weighted by molar-refractivity contribution is 0.120. The van der Waals surface area contributed by atoms with Gasteiger partial charge >= 0.3 is 0 Å². The molecule has 1 aliphatic carbocycles. The van der Waals surface area contributed by atoms with Crippen LogP contribution in [0, 0.1) is 6.92 Å². The molecule has 1 aliphatic heterocycles. The fraction of sp³-hybridized carbons (Fsp3) is 0.692. The summed E-state index contributed by atoms with van der Waals surface area (Å²) in [5, 5.41) is 3.45. The highest BCUT2D eigenvalue weighted by molar-refractivity contribution is 5.48. The zero-order valence-corrected chi connectivity index (χ0v) is 10.3. The zero-order chi connectivity index (χ0) is 11.7. The van der Waals surface area contributed by atoms with E-state index in [1.807, 2.05) is 6.92 Å². The van der Waals surface area contributed by atoms with Gasteiger partial charge in [0.2, 0.25) is 0 Å². The van der Waals surface area contributed by atoms with Crippen LogP contribution in [0.2, 0.25) is 0 Å². The highest BCUT2D eigenvalue weighted by Gasteiger charge is 2.20. The van der Waals surface area contributed by atoms with Crippen molar-refractivity contribution >= 4 is 5.82 Å². The number of aromatic nitrogens is 2. The molecule has 0 amide bonds. The molecule has 1 atom stereocenters. The van der Waals surface area contributed by atoms with Crippen molar-refractivity contribution in [3.05, 3.63) is 17.1 Å². The minimum Gasteiger partial charge on any atom is -0.376 e. The van der Waals surface area contributed by atoms with Crippen molar-refractivity contribution in [1.82, 2.24) is 9.97 Å². The monoisotopic (exact) mass is 233 g/mol. The number of rotatable bonds is 3. The highest BCUT2D eigenvalue weighted by atomic mass is 16.5. The lowest BCUT2D eigenvalue weighted by Crippen LogP contribution is -2.20. The second-order valence-corrected chi connectivity index (χ2v) is 4.91. The summed E-state index contributed by atoms with van der Waals surface area (Å²) >= 11 is 0. The van der Waals surface area contributed by atoms with Gasteiger partial charge < -0.3 is 10.1 Å². The van der Waals surface area contributed by atoms with Crippen LogP contribution in [-0.2, 0) is 17.6 Å². The molecule has 0 saturated carbocycles. The van der Waals surface area contributed by atoms with Gasteiger partial charge in [0.05, 0.1) is 6.10 Å². The van der Waals surface area contributed by atoms with Crippen molar-refractivity contribution in [3.8, 4) is 0 Å². The van der Waals surface area contributed by atoms with Crippen molar-refractivity contribution in [3.63, 3.8) is 0 Å². The molecule has 4 heteroatoms. The molecule has 1 fully saturated rings. The largest absolute Gasteiger partial charge is 0.376 e. The number of nitrogens with zero attached hydrogens (tertiary/aromatic N) is 2. The van der Waals surface area contributed by atoms with E-state index in [1.54, 1.807) is 0 Å². The summed E-state index contributed by atoms with van der Waals surface area (Å²) in [5.41, 5.74) is 2.57. The van der Waals surface area contributed by atoms with Gasteiger partial charge in [-0.15, -0.1) is 0 Å². The minimum atomic E-state index is 0.363. The number of anilines is 1. The molecule has 1 aromatic heterocycles. The highest BCUT2D eigenvalue weighted by Crippen LogP contribution is 2.26. The molecule has 0 spiro atoms. The van der Waals surface area contributed by atoms with Crippen LogP contribution in [0.5, 0.6) is 0 Å². The fourth-order valence-corrected chi connectivity index (χ4v) is 2.72. The summed E-state index contributed by atoms with van der Waals surface area (Å²) in [6, 6.07) is 0. The Balaban J connectivity index is 1.73. The predicted octanol–water partition coefficient (Wildman–Crippen LogP) is 1.86. The first kappa shape index (κ1) is 11.0. The topological polar surface area (TPSA) is 47.0 Å². The van der Waals surface area contributed by atoms with E-state index in [4.69, 9.17) is 4.74 Å². The number of ether oxygens (including phenoxy) is 1. The van der Waals surface area contributed by atoms with Gasteiger partial charge in [0.25, 0.3) is 0 Å². The van der Waals surface area contributed by atoms with E-state index in [1.165, 1.54) is 30.5 Å².